The zero-order valence-electron chi connectivity index (χ0n) is 11.5. The number of amides is 1. The van der Waals surface area contributed by atoms with Crippen molar-refractivity contribution in [2.24, 2.45) is 0 Å². The Hall–Kier alpha value is -0.970. The van der Waals surface area contributed by atoms with Gasteiger partial charge < -0.3 is 15.8 Å². The summed E-state index contributed by atoms with van der Waals surface area (Å²) in [5.74, 6) is -0.219. The molecule has 0 aliphatic carbocycles. The summed E-state index contributed by atoms with van der Waals surface area (Å²) in [6.45, 7) is 4.08. The lowest BCUT2D eigenvalue weighted by Gasteiger charge is -2.08. The third-order valence-corrected chi connectivity index (χ3v) is 3.53. The highest BCUT2D eigenvalue weighted by Gasteiger charge is 2.10. The van der Waals surface area contributed by atoms with E-state index in [1.54, 1.807) is 0 Å². The molecular weight excluding hydrogens is 299 g/mol. The number of nitrogens with one attached hydrogen (secondary N) is 1. The van der Waals surface area contributed by atoms with Crippen molar-refractivity contribution in [3.05, 3.63) is 27.7 Å². The van der Waals surface area contributed by atoms with E-state index in [4.69, 9.17) is 33.7 Å². The van der Waals surface area contributed by atoms with Gasteiger partial charge in [0.15, 0.2) is 0 Å². The molecule has 0 spiro atoms. The standard InChI is InChI=1S/C14H20Cl2N2O2/c1-2-3-6-20-7-4-5-18-14(19)10-8-11(15)13(16)12(17)9-10/h8-9H,2-7,17H2,1H3,(H,18,19). The first-order chi connectivity index (χ1) is 9.56. The van der Waals surface area contributed by atoms with Gasteiger partial charge in [0.25, 0.3) is 5.91 Å². The summed E-state index contributed by atoms with van der Waals surface area (Å²) in [4.78, 5) is 11.9. The van der Waals surface area contributed by atoms with Gasteiger partial charge in [-0.05, 0) is 25.0 Å². The fourth-order valence-electron chi connectivity index (χ4n) is 1.57. The maximum Gasteiger partial charge on any atom is 0.251 e. The number of hydrogen-bond acceptors (Lipinski definition) is 3. The molecule has 0 radical (unpaired) electrons. The topological polar surface area (TPSA) is 64.3 Å². The molecule has 0 aliphatic rings. The second kappa shape index (κ2) is 9.06. The highest BCUT2D eigenvalue weighted by atomic mass is 35.5. The normalized spacial score (nSPS) is 10.6. The molecule has 1 aromatic rings. The quantitative estimate of drug-likeness (QED) is 0.569. The van der Waals surface area contributed by atoms with Crippen molar-refractivity contribution >= 4 is 34.8 Å². The Kier molecular flexibility index (Phi) is 7.73. The van der Waals surface area contributed by atoms with E-state index in [-0.39, 0.29) is 16.0 Å². The fourth-order valence-corrected chi connectivity index (χ4v) is 1.90. The summed E-state index contributed by atoms with van der Waals surface area (Å²) >= 11 is 11.7. The van der Waals surface area contributed by atoms with Crippen LogP contribution >= 0.6 is 23.2 Å². The Morgan fingerprint density at radius 2 is 2.00 bits per heavy atom. The molecule has 3 N–H and O–H groups in total. The second-order valence-corrected chi connectivity index (χ2v) is 5.22. The average molecular weight is 319 g/mol. The number of rotatable bonds is 8. The minimum atomic E-state index is -0.219. The molecule has 4 nitrogen and oxygen atoms in total. The number of anilines is 1. The summed E-state index contributed by atoms with van der Waals surface area (Å²) in [7, 11) is 0. The predicted octanol–water partition coefficient (Wildman–Crippen LogP) is 3.51. The number of halogens is 2. The van der Waals surface area contributed by atoms with E-state index in [2.05, 4.69) is 12.2 Å². The number of carbonyl (C=O) groups is 1. The predicted molar refractivity (Wildman–Crippen MR) is 83.6 cm³/mol. The van der Waals surface area contributed by atoms with E-state index >= 15 is 0 Å². The summed E-state index contributed by atoms with van der Waals surface area (Å²) in [6.07, 6.45) is 2.96. The van der Waals surface area contributed by atoms with Crippen LogP contribution in [0.5, 0.6) is 0 Å². The molecule has 0 fully saturated rings. The molecule has 6 heteroatoms. The summed E-state index contributed by atoms with van der Waals surface area (Å²) in [5.41, 5.74) is 6.37. The van der Waals surface area contributed by atoms with Crippen LogP contribution in [-0.4, -0.2) is 25.7 Å². The Labute approximate surface area is 129 Å². The molecular formula is C14H20Cl2N2O2. The molecule has 20 heavy (non-hydrogen) atoms. The Morgan fingerprint density at radius 3 is 2.65 bits per heavy atom. The van der Waals surface area contributed by atoms with Crippen LogP contribution in [0.1, 0.15) is 36.5 Å². The van der Waals surface area contributed by atoms with Crippen LogP contribution in [0.2, 0.25) is 10.0 Å². The van der Waals surface area contributed by atoms with E-state index < -0.39 is 0 Å². The number of hydrogen-bond donors (Lipinski definition) is 2. The van der Waals surface area contributed by atoms with Crippen LogP contribution < -0.4 is 11.1 Å². The maximum absolute atomic E-state index is 11.9. The number of unbranched alkanes of at least 4 members (excludes halogenated alkanes) is 1. The molecule has 0 aromatic heterocycles. The average Bonchev–Trinajstić information content (AvgIpc) is 2.43. The maximum atomic E-state index is 11.9. The Morgan fingerprint density at radius 1 is 1.30 bits per heavy atom. The lowest BCUT2D eigenvalue weighted by atomic mass is 10.2. The molecule has 1 aromatic carbocycles. The van der Waals surface area contributed by atoms with Gasteiger partial charge in [-0.15, -0.1) is 0 Å². The first-order valence-electron chi connectivity index (χ1n) is 6.66. The van der Waals surface area contributed by atoms with Gasteiger partial charge in [0, 0.05) is 25.3 Å². The lowest BCUT2D eigenvalue weighted by molar-refractivity contribution is 0.0940. The van der Waals surface area contributed by atoms with Gasteiger partial charge in [-0.25, -0.2) is 0 Å². The van der Waals surface area contributed by atoms with Gasteiger partial charge in [0.2, 0.25) is 0 Å². The van der Waals surface area contributed by atoms with Crippen LogP contribution in [0, 0.1) is 0 Å². The molecule has 0 aliphatic heterocycles. The number of benzene rings is 1. The van der Waals surface area contributed by atoms with Crippen molar-refractivity contribution in [1.82, 2.24) is 5.32 Å². The van der Waals surface area contributed by atoms with Crippen molar-refractivity contribution in [3.63, 3.8) is 0 Å². The van der Waals surface area contributed by atoms with Crippen LogP contribution in [0.3, 0.4) is 0 Å². The fraction of sp³-hybridized carbons (Fsp3) is 0.500. The Balaban J connectivity index is 2.33. The van der Waals surface area contributed by atoms with Gasteiger partial charge >= 0.3 is 0 Å². The minimum absolute atomic E-state index is 0.219. The van der Waals surface area contributed by atoms with Crippen molar-refractivity contribution in [2.75, 3.05) is 25.5 Å². The van der Waals surface area contributed by atoms with Crippen LogP contribution in [0.4, 0.5) is 5.69 Å². The number of nitrogen functional groups attached to an aromatic ring is 1. The van der Waals surface area contributed by atoms with Crippen molar-refractivity contribution < 1.29 is 9.53 Å². The zero-order valence-corrected chi connectivity index (χ0v) is 13.1. The first kappa shape index (κ1) is 17.1. The molecule has 0 atom stereocenters. The molecule has 1 rings (SSSR count). The van der Waals surface area contributed by atoms with Gasteiger partial charge in [-0.2, -0.15) is 0 Å². The van der Waals surface area contributed by atoms with Gasteiger partial charge in [0.1, 0.15) is 0 Å². The molecule has 1 amide bonds. The van der Waals surface area contributed by atoms with E-state index in [1.165, 1.54) is 12.1 Å². The molecule has 0 bridgehead atoms. The minimum Gasteiger partial charge on any atom is -0.397 e. The number of nitrogens with two attached hydrogens (primary N) is 1. The monoisotopic (exact) mass is 318 g/mol. The summed E-state index contributed by atoms with van der Waals surface area (Å²) in [5, 5.41) is 3.34. The van der Waals surface area contributed by atoms with Gasteiger partial charge in [-0.3, -0.25) is 4.79 Å². The van der Waals surface area contributed by atoms with E-state index in [0.717, 1.165) is 25.9 Å². The SMILES string of the molecule is CCCCOCCCNC(=O)c1cc(N)c(Cl)c(Cl)c1. The molecule has 0 saturated carbocycles. The van der Waals surface area contributed by atoms with E-state index in [0.29, 0.717) is 24.4 Å². The lowest BCUT2D eigenvalue weighted by Crippen LogP contribution is -2.25. The smallest absolute Gasteiger partial charge is 0.251 e. The van der Waals surface area contributed by atoms with Crippen molar-refractivity contribution in [2.45, 2.75) is 26.2 Å². The van der Waals surface area contributed by atoms with Crippen LogP contribution in [0.15, 0.2) is 12.1 Å². The summed E-state index contributed by atoms with van der Waals surface area (Å²) in [6, 6.07) is 3.02. The van der Waals surface area contributed by atoms with Crippen LogP contribution in [-0.2, 0) is 4.74 Å². The summed E-state index contributed by atoms with van der Waals surface area (Å²) < 4.78 is 5.41. The molecule has 0 unspecified atom stereocenters. The third-order valence-electron chi connectivity index (χ3n) is 2.71. The van der Waals surface area contributed by atoms with Gasteiger partial charge in [-0.1, -0.05) is 36.5 Å². The zero-order chi connectivity index (χ0) is 15.0. The molecule has 112 valence electrons. The first-order valence-corrected chi connectivity index (χ1v) is 7.42. The molecule has 0 saturated heterocycles. The molecule has 0 heterocycles. The second-order valence-electron chi connectivity index (χ2n) is 4.44. The van der Waals surface area contributed by atoms with Crippen molar-refractivity contribution in [1.29, 1.82) is 0 Å². The number of ether oxygens (including phenoxy) is 1. The highest BCUT2D eigenvalue weighted by molar-refractivity contribution is 6.43. The Bertz CT molecular complexity index is 430. The van der Waals surface area contributed by atoms with E-state index in [1.807, 2.05) is 0 Å². The van der Waals surface area contributed by atoms with Gasteiger partial charge in [0.05, 0.1) is 15.7 Å². The van der Waals surface area contributed by atoms with Crippen LogP contribution in [0.25, 0.3) is 0 Å². The number of carbonyl (C=O) groups excluding carboxylic acids is 1. The third kappa shape index (κ3) is 5.57. The largest absolute Gasteiger partial charge is 0.397 e. The van der Waals surface area contributed by atoms with Crippen molar-refractivity contribution in [3.8, 4) is 0 Å². The highest BCUT2D eigenvalue weighted by Crippen LogP contribution is 2.29. The van der Waals surface area contributed by atoms with E-state index in [9.17, 15) is 4.79 Å².